The first-order valence-corrected chi connectivity index (χ1v) is 10.9. The van der Waals surface area contributed by atoms with Crippen molar-refractivity contribution in [2.75, 3.05) is 26.0 Å². The van der Waals surface area contributed by atoms with Crippen LogP contribution in [0.25, 0.3) is 10.9 Å². The van der Waals surface area contributed by atoms with Crippen molar-refractivity contribution in [2.24, 2.45) is 0 Å². The van der Waals surface area contributed by atoms with Crippen LogP contribution in [0.4, 0.5) is 5.95 Å². The third-order valence-corrected chi connectivity index (χ3v) is 5.87. The lowest BCUT2D eigenvalue weighted by Gasteiger charge is -2.27. The number of likely N-dealkylation sites (N-methyl/N-ethyl adjacent to an activating group) is 1. The maximum absolute atomic E-state index is 13.1. The van der Waals surface area contributed by atoms with E-state index in [4.69, 9.17) is 4.98 Å². The van der Waals surface area contributed by atoms with Crippen molar-refractivity contribution in [3.63, 3.8) is 0 Å². The molecule has 0 amide bonds. The van der Waals surface area contributed by atoms with Crippen molar-refractivity contribution in [2.45, 2.75) is 77.0 Å². The standard InChI is InChI=1S/C22H35N5O2/c1-5-6-15(2)24-22-23-13-18-20(25-22)19(16-7-9-17(28)10-8-16)14-27(21(18)29)12-11-26(3)4/h13-17,28H,5-12H2,1-4H3,(H,23,24,25)/t15?,16-,17-. The van der Waals surface area contributed by atoms with Gasteiger partial charge in [-0.05, 0) is 64.6 Å². The highest BCUT2D eigenvalue weighted by atomic mass is 16.3. The fraction of sp³-hybridized carbons (Fsp3) is 0.682. The molecule has 1 fully saturated rings. The van der Waals surface area contributed by atoms with E-state index in [1.807, 2.05) is 20.3 Å². The molecular formula is C22H35N5O2. The Morgan fingerprint density at radius 1 is 1.31 bits per heavy atom. The molecule has 0 aromatic carbocycles. The zero-order chi connectivity index (χ0) is 21.0. The van der Waals surface area contributed by atoms with E-state index < -0.39 is 0 Å². The van der Waals surface area contributed by atoms with Crippen LogP contribution in [0.1, 0.15) is 63.9 Å². The summed E-state index contributed by atoms with van der Waals surface area (Å²) in [6.45, 7) is 5.71. The topological polar surface area (TPSA) is 83.3 Å². The maximum Gasteiger partial charge on any atom is 0.261 e. The largest absolute Gasteiger partial charge is 0.393 e. The Kier molecular flexibility index (Phi) is 7.24. The number of anilines is 1. The Bertz CT molecular complexity index is 871. The predicted octanol–water partition coefficient (Wildman–Crippen LogP) is 2.97. The summed E-state index contributed by atoms with van der Waals surface area (Å²) in [7, 11) is 4.02. The van der Waals surface area contributed by atoms with E-state index in [0.29, 0.717) is 23.8 Å². The van der Waals surface area contributed by atoms with E-state index in [1.165, 1.54) is 0 Å². The molecule has 7 nitrogen and oxygen atoms in total. The monoisotopic (exact) mass is 401 g/mol. The number of aliphatic hydroxyl groups excluding tert-OH is 1. The van der Waals surface area contributed by atoms with Crippen molar-refractivity contribution >= 4 is 16.9 Å². The maximum atomic E-state index is 13.1. The number of rotatable bonds is 8. The van der Waals surface area contributed by atoms with Crippen LogP contribution in [0.2, 0.25) is 0 Å². The van der Waals surface area contributed by atoms with Gasteiger partial charge in [-0.25, -0.2) is 9.97 Å². The van der Waals surface area contributed by atoms with Crippen LogP contribution < -0.4 is 10.9 Å². The lowest BCUT2D eigenvalue weighted by Crippen LogP contribution is -2.28. The molecule has 0 saturated heterocycles. The highest BCUT2D eigenvalue weighted by molar-refractivity contribution is 5.81. The Morgan fingerprint density at radius 3 is 2.69 bits per heavy atom. The number of nitrogens with zero attached hydrogens (tertiary/aromatic N) is 4. The molecule has 0 spiro atoms. The molecule has 160 valence electrons. The first kappa shape index (κ1) is 21.7. The van der Waals surface area contributed by atoms with Crippen molar-refractivity contribution in [3.8, 4) is 0 Å². The van der Waals surface area contributed by atoms with E-state index in [0.717, 1.165) is 56.1 Å². The number of pyridine rings is 1. The van der Waals surface area contributed by atoms with Crippen LogP contribution in [0.5, 0.6) is 0 Å². The summed E-state index contributed by atoms with van der Waals surface area (Å²) in [6.07, 6.45) is 9.04. The number of nitrogens with one attached hydrogen (secondary N) is 1. The Labute approximate surface area is 173 Å². The molecular weight excluding hydrogens is 366 g/mol. The minimum absolute atomic E-state index is 0.0328. The van der Waals surface area contributed by atoms with E-state index in [9.17, 15) is 9.90 Å². The summed E-state index contributed by atoms with van der Waals surface area (Å²) < 4.78 is 1.80. The molecule has 2 N–H and O–H groups in total. The van der Waals surface area contributed by atoms with E-state index in [-0.39, 0.29) is 17.7 Å². The molecule has 1 aliphatic rings. The molecule has 2 aromatic heterocycles. The lowest BCUT2D eigenvalue weighted by molar-refractivity contribution is 0.122. The second-order valence-corrected chi connectivity index (χ2v) is 8.68. The van der Waals surface area contributed by atoms with Crippen LogP contribution in [0.3, 0.4) is 0 Å². The number of fused-ring (bicyclic) bond motifs is 1. The molecule has 29 heavy (non-hydrogen) atoms. The SMILES string of the molecule is CCCC(C)Nc1ncc2c(=O)n(CCN(C)C)cc([C@H]3CC[C@H](O)CC3)c2n1. The van der Waals surface area contributed by atoms with Gasteiger partial charge in [0.2, 0.25) is 5.95 Å². The fourth-order valence-electron chi connectivity index (χ4n) is 4.16. The molecule has 1 saturated carbocycles. The van der Waals surface area contributed by atoms with Gasteiger partial charge in [-0.1, -0.05) is 13.3 Å². The van der Waals surface area contributed by atoms with Gasteiger partial charge in [0.1, 0.15) is 0 Å². The second-order valence-electron chi connectivity index (χ2n) is 8.68. The molecule has 1 atom stereocenters. The number of hydrogen-bond acceptors (Lipinski definition) is 6. The Morgan fingerprint density at radius 2 is 2.03 bits per heavy atom. The average Bonchev–Trinajstić information content (AvgIpc) is 2.68. The van der Waals surface area contributed by atoms with Gasteiger partial charge in [0, 0.05) is 31.5 Å². The predicted molar refractivity (Wildman–Crippen MR) is 118 cm³/mol. The minimum Gasteiger partial charge on any atom is -0.393 e. The number of aliphatic hydroxyl groups is 1. The molecule has 0 radical (unpaired) electrons. The summed E-state index contributed by atoms with van der Waals surface area (Å²) in [5.74, 6) is 0.893. The molecule has 7 heteroatoms. The smallest absolute Gasteiger partial charge is 0.261 e. The number of aromatic nitrogens is 3. The lowest BCUT2D eigenvalue weighted by atomic mass is 9.82. The highest BCUT2D eigenvalue weighted by Gasteiger charge is 2.25. The van der Waals surface area contributed by atoms with E-state index in [2.05, 4.69) is 29.0 Å². The van der Waals surface area contributed by atoms with Gasteiger partial charge in [-0.15, -0.1) is 0 Å². The summed E-state index contributed by atoms with van der Waals surface area (Å²) in [5, 5.41) is 13.9. The van der Waals surface area contributed by atoms with Gasteiger partial charge < -0.3 is 19.9 Å². The normalized spacial score (nSPS) is 20.9. The third-order valence-electron chi connectivity index (χ3n) is 5.87. The van der Waals surface area contributed by atoms with Crippen LogP contribution in [-0.2, 0) is 6.54 Å². The van der Waals surface area contributed by atoms with Gasteiger partial charge in [-0.2, -0.15) is 0 Å². The summed E-state index contributed by atoms with van der Waals surface area (Å²) in [5.41, 5.74) is 1.84. The zero-order valence-electron chi connectivity index (χ0n) is 18.2. The van der Waals surface area contributed by atoms with Gasteiger partial charge >= 0.3 is 0 Å². The molecule has 2 aromatic rings. The first-order chi connectivity index (χ1) is 13.9. The Hall–Kier alpha value is -1.99. The summed E-state index contributed by atoms with van der Waals surface area (Å²) in [4.78, 5) is 24.4. The first-order valence-electron chi connectivity index (χ1n) is 10.9. The van der Waals surface area contributed by atoms with Crippen molar-refractivity contribution < 1.29 is 5.11 Å². The fourth-order valence-corrected chi connectivity index (χ4v) is 4.16. The van der Waals surface area contributed by atoms with Crippen LogP contribution in [0, 0.1) is 0 Å². The molecule has 3 rings (SSSR count). The van der Waals surface area contributed by atoms with Crippen LogP contribution >= 0.6 is 0 Å². The molecule has 0 bridgehead atoms. The van der Waals surface area contributed by atoms with Gasteiger partial charge in [0.15, 0.2) is 0 Å². The second kappa shape index (κ2) is 9.67. The van der Waals surface area contributed by atoms with Crippen molar-refractivity contribution in [1.82, 2.24) is 19.4 Å². The van der Waals surface area contributed by atoms with Gasteiger partial charge in [0.05, 0.1) is 17.0 Å². The van der Waals surface area contributed by atoms with Gasteiger partial charge in [0.25, 0.3) is 5.56 Å². The van der Waals surface area contributed by atoms with Gasteiger partial charge in [-0.3, -0.25) is 4.79 Å². The van der Waals surface area contributed by atoms with E-state index in [1.54, 1.807) is 10.8 Å². The average molecular weight is 402 g/mol. The highest BCUT2D eigenvalue weighted by Crippen LogP contribution is 2.35. The Balaban J connectivity index is 2.03. The molecule has 1 unspecified atom stereocenters. The molecule has 1 aliphatic carbocycles. The molecule has 0 aliphatic heterocycles. The van der Waals surface area contributed by atoms with Crippen molar-refractivity contribution in [3.05, 3.63) is 28.3 Å². The minimum atomic E-state index is -0.209. The third kappa shape index (κ3) is 5.34. The summed E-state index contributed by atoms with van der Waals surface area (Å²) >= 11 is 0. The quantitative estimate of drug-likeness (QED) is 0.708. The zero-order valence-corrected chi connectivity index (χ0v) is 18.2. The van der Waals surface area contributed by atoms with Crippen LogP contribution in [-0.4, -0.2) is 57.3 Å². The van der Waals surface area contributed by atoms with E-state index >= 15 is 0 Å². The number of hydrogen-bond donors (Lipinski definition) is 2. The van der Waals surface area contributed by atoms with Crippen LogP contribution in [0.15, 0.2) is 17.2 Å². The van der Waals surface area contributed by atoms with Crippen molar-refractivity contribution in [1.29, 1.82) is 0 Å². The molecule has 2 heterocycles. The summed E-state index contributed by atoms with van der Waals surface area (Å²) in [6, 6.07) is 0.284.